The van der Waals surface area contributed by atoms with Crippen LogP contribution in [0.1, 0.15) is 109 Å². The van der Waals surface area contributed by atoms with Gasteiger partial charge in [0.15, 0.2) is 0 Å². The summed E-state index contributed by atoms with van der Waals surface area (Å²) in [5.41, 5.74) is 1.15. The van der Waals surface area contributed by atoms with Crippen LogP contribution in [0.2, 0.25) is 0 Å². The van der Waals surface area contributed by atoms with Crippen molar-refractivity contribution in [3.63, 3.8) is 0 Å². The second-order valence-electron chi connectivity index (χ2n) is 8.79. The molecule has 1 aromatic carbocycles. The van der Waals surface area contributed by atoms with Crippen LogP contribution in [0.5, 0.6) is 0 Å². The topological polar surface area (TPSA) is 72.8 Å². The van der Waals surface area contributed by atoms with Gasteiger partial charge >= 0.3 is 11.9 Å². The van der Waals surface area contributed by atoms with Gasteiger partial charge in [0.25, 0.3) is 0 Å². The second kappa shape index (κ2) is 18.7. The summed E-state index contributed by atoms with van der Waals surface area (Å²) < 4.78 is 11.9. The molecule has 0 aliphatic heterocycles. The van der Waals surface area contributed by atoms with E-state index < -0.39 is 5.97 Å². The molecule has 0 spiro atoms. The summed E-state index contributed by atoms with van der Waals surface area (Å²) >= 11 is 0. The van der Waals surface area contributed by atoms with Crippen LogP contribution in [0.4, 0.5) is 0 Å². The Morgan fingerprint density at radius 2 is 1.44 bits per heavy atom. The van der Waals surface area contributed by atoms with Gasteiger partial charge in [-0.2, -0.15) is 0 Å². The van der Waals surface area contributed by atoms with Crippen LogP contribution in [-0.4, -0.2) is 29.3 Å². The molecule has 2 atom stereocenters. The monoisotopic (exact) mass is 448 g/mol. The molecule has 0 fully saturated rings. The lowest BCUT2D eigenvalue weighted by Crippen LogP contribution is -2.25. The number of hydrogen-bond acceptors (Lipinski definition) is 4. The molecule has 5 heteroatoms. The van der Waals surface area contributed by atoms with Gasteiger partial charge in [0.2, 0.25) is 0 Å². The number of carboxylic acid groups (broad SMARTS) is 1. The quantitative estimate of drug-likeness (QED) is 0.171. The van der Waals surface area contributed by atoms with Crippen LogP contribution < -0.4 is 0 Å². The third-order valence-corrected chi connectivity index (χ3v) is 5.73. The van der Waals surface area contributed by atoms with Crippen LogP contribution in [0.15, 0.2) is 30.3 Å². The lowest BCUT2D eigenvalue weighted by atomic mass is 9.99. The van der Waals surface area contributed by atoms with Crippen LogP contribution in [0.25, 0.3) is 0 Å². The van der Waals surface area contributed by atoms with Gasteiger partial charge in [0.05, 0.1) is 12.7 Å². The fourth-order valence-corrected chi connectivity index (χ4v) is 3.96. The van der Waals surface area contributed by atoms with E-state index in [4.69, 9.17) is 14.6 Å². The molecule has 32 heavy (non-hydrogen) atoms. The normalized spacial score (nSPS) is 12.9. The molecule has 0 heterocycles. The molecule has 0 aromatic heterocycles. The van der Waals surface area contributed by atoms with E-state index in [0.29, 0.717) is 19.4 Å². The average Bonchev–Trinajstić information content (AvgIpc) is 2.76. The number of benzene rings is 1. The first kappa shape index (κ1) is 28.2. The van der Waals surface area contributed by atoms with Crippen LogP contribution in [0, 0.1) is 0 Å². The summed E-state index contributed by atoms with van der Waals surface area (Å²) in [4.78, 5) is 22.3. The highest BCUT2D eigenvalue weighted by Gasteiger charge is 2.20. The van der Waals surface area contributed by atoms with Crippen molar-refractivity contribution in [3.8, 4) is 0 Å². The zero-order chi connectivity index (χ0) is 23.4. The first-order valence-electron chi connectivity index (χ1n) is 12.6. The molecule has 0 bridgehead atoms. The van der Waals surface area contributed by atoms with Gasteiger partial charge in [-0.05, 0) is 31.2 Å². The third kappa shape index (κ3) is 15.9. The minimum Gasteiger partial charge on any atom is -0.481 e. The molecule has 1 N–H and O–H groups in total. The predicted octanol–water partition coefficient (Wildman–Crippen LogP) is 7.07. The number of esters is 1. The maximum absolute atomic E-state index is 11.6. The van der Waals surface area contributed by atoms with Crippen LogP contribution in [0.3, 0.4) is 0 Å². The lowest BCUT2D eigenvalue weighted by Gasteiger charge is -2.24. The molecule has 5 nitrogen and oxygen atoms in total. The van der Waals surface area contributed by atoms with Crippen molar-refractivity contribution >= 4 is 11.9 Å². The summed E-state index contributed by atoms with van der Waals surface area (Å²) in [6.07, 6.45) is 13.6. The molecule has 0 saturated heterocycles. The number of ether oxygens (including phenoxy) is 2. The maximum Gasteiger partial charge on any atom is 0.303 e. The highest BCUT2D eigenvalue weighted by Crippen LogP contribution is 2.21. The summed E-state index contributed by atoms with van der Waals surface area (Å²) in [6, 6.07) is 10.2. The molecule has 0 saturated carbocycles. The maximum atomic E-state index is 11.6. The fourth-order valence-electron chi connectivity index (χ4n) is 3.96. The molecular weight excluding hydrogens is 404 g/mol. The van der Waals surface area contributed by atoms with Crippen molar-refractivity contribution in [2.24, 2.45) is 0 Å². The molecule has 1 rings (SSSR count). The number of carboxylic acids is 1. The number of unbranched alkanes of at least 4 members (excludes halogenated alkanes) is 8. The Bertz CT molecular complexity index is 601. The molecule has 1 aromatic rings. The first-order valence-corrected chi connectivity index (χ1v) is 12.6. The molecule has 2 unspecified atom stereocenters. The van der Waals surface area contributed by atoms with Crippen molar-refractivity contribution in [1.29, 1.82) is 0 Å². The van der Waals surface area contributed by atoms with Gasteiger partial charge in [-0.1, -0.05) is 88.6 Å². The van der Waals surface area contributed by atoms with Crippen molar-refractivity contribution in [2.75, 3.05) is 0 Å². The van der Waals surface area contributed by atoms with E-state index >= 15 is 0 Å². The zero-order valence-corrected chi connectivity index (χ0v) is 20.2. The minimum atomic E-state index is -0.759. The number of hydrogen-bond donors (Lipinski definition) is 1. The van der Waals surface area contributed by atoms with Crippen molar-refractivity contribution < 1.29 is 24.2 Å². The standard InChI is InChI=1S/C27H44O5/c1-3-4-5-6-7-8-13-18-25(31-22-24-16-11-9-12-17-24)21-26(32-23(2)28)19-14-10-15-20-27(29)30/h9,11-12,16-17,25-26H,3-8,10,13-15,18-22H2,1-2H3,(H,29,30). The van der Waals surface area contributed by atoms with Gasteiger partial charge in [0, 0.05) is 19.8 Å². The molecule has 182 valence electrons. The minimum absolute atomic E-state index is 0.0502. The molecule has 0 aliphatic rings. The number of carbonyl (C=O) groups is 2. The van der Waals surface area contributed by atoms with E-state index in [1.165, 1.54) is 45.4 Å². The fraction of sp³-hybridized carbons (Fsp3) is 0.704. The Kier molecular flexibility index (Phi) is 16.4. The van der Waals surface area contributed by atoms with E-state index in [2.05, 4.69) is 19.1 Å². The molecule has 0 radical (unpaired) electrons. The van der Waals surface area contributed by atoms with Crippen molar-refractivity contribution in [2.45, 2.75) is 123 Å². The Balaban J connectivity index is 2.53. The highest BCUT2D eigenvalue weighted by molar-refractivity contribution is 5.66. The van der Waals surface area contributed by atoms with Crippen LogP contribution in [-0.2, 0) is 25.7 Å². The van der Waals surface area contributed by atoms with Gasteiger partial charge in [-0.3, -0.25) is 9.59 Å². The van der Waals surface area contributed by atoms with Gasteiger partial charge < -0.3 is 14.6 Å². The Morgan fingerprint density at radius 3 is 2.06 bits per heavy atom. The van der Waals surface area contributed by atoms with Gasteiger partial charge in [-0.25, -0.2) is 0 Å². The number of aliphatic carboxylic acids is 1. The Hall–Kier alpha value is -1.88. The van der Waals surface area contributed by atoms with Gasteiger partial charge in [0.1, 0.15) is 6.10 Å². The van der Waals surface area contributed by atoms with E-state index in [1.807, 2.05) is 18.2 Å². The summed E-state index contributed by atoms with van der Waals surface area (Å²) in [5, 5.41) is 8.79. The Morgan fingerprint density at radius 1 is 0.844 bits per heavy atom. The van der Waals surface area contributed by atoms with E-state index in [0.717, 1.165) is 37.7 Å². The average molecular weight is 449 g/mol. The first-order chi connectivity index (χ1) is 15.5. The Labute approximate surface area is 194 Å². The smallest absolute Gasteiger partial charge is 0.303 e. The summed E-state index contributed by atoms with van der Waals surface area (Å²) in [6.45, 7) is 4.25. The molecule has 0 aliphatic carbocycles. The molecular formula is C27H44O5. The molecule has 0 amide bonds. The third-order valence-electron chi connectivity index (χ3n) is 5.73. The highest BCUT2D eigenvalue weighted by atomic mass is 16.5. The number of carbonyl (C=O) groups excluding carboxylic acids is 1. The summed E-state index contributed by atoms with van der Waals surface area (Å²) in [7, 11) is 0. The van der Waals surface area contributed by atoms with Crippen molar-refractivity contribution in [1.82, 2.24) is 0 Å². The van der Waals surface area contributed by atoms with E-state index in [9.17, 15) is 9.59 Å². The van der Waals surface area contributed by atoms with E-state index in [-0.39, 0.29) is 24.6 Å². The van der Waals surface area contributed by atoms with E-state index in [1.54, 1.807) is 0 Å². The van der Waals surface area contributed by atoms with Crippen LogP contribution >= 0.6 is 0 Å². The zero-order valence-electron chi connectivity index (χ0n) is 20.2. The largest absolute Gasteiger partial charge is 0.481 e. The number of rotatable bonds is 20. The predicted molar refractivity (Wildman–Crippen MR) is 129 cm³/mol. The second-order valence-corrected chi connectivity index (χ2v) is 8.79. The van der Waals surface area contributed by atoms with Gasteiger partial charge in [-0.15, -0.1) is 0 Å². The van der Waals surface area contributed by atoms with Crippen molar-refractivity contribution in [3.05, 3.63) is 35.9 Å². The lowest BCUT2D eigenvalue weighted by molar-refractivity contribution is -0.149. The SMILES string of the molecule is CCCCCCCCCC(CC(CCCCCC(=O)O)OC(C)=O)OCc1ccccc1. The summed E-state index contributed by atoms with van der Waals surface area (Å²) in [5.74, 6) is -1.02.